The molecule has 1 saturated heterocycles. The molecule has 1 heterocycles. The van der Waals surface area contributed by atoms with Gasteiger partial charge in [-0.15, -0.1) is 0 Å². The van der Waals surface area contributed by atoms with Gasteiger partial charge in [-0.1, -0.05) is 0 Å². The van der Waals surface area contributed by atoms with Crippen LogP contribution in [0.4, 0.5) is 0 Å². The average Bonchev–Trinajstić information content (AvgIpc) is 1.94. The van der Waals surface area contributed by atoms with Crippen LogP contribution in [-0.2, 0) is 17.7 Å². The van der Waals surface area contributed by atoms with Crippen LogP contribution >= 0.6 is 0 Å². The first-order valence-electron chi connectivity index (χ1n) is 3.04. The van der Waals surface area contributed by atoms with Crippen LogP contribution in [0.1, 0.15) is 6.42 Å². The summed E-state index contributed by atoms with van der Waals surface area (Å²) in [7, 11) is 0. The zero-order valence-electron chi connectivity index (χ0n) is 4.93. The average molecular weight is 150 g/mol. The van der Waals surface area contributed by atoms with Crippen molar-refractivity contribution < 1.29 is 17.7 Å². The second-order valence-electron chi connectivity index (χ2n) is 2.06. The minimum atomic E-state index is 1.15. The Morgan fingerprint density at radius 2 is 2.12 bits per heavy atom. The van der Waals surface area contributed by atoms with Crippen molar-refractivity contribution in [3.05, 3.63) is 0 Å². The van der Waals surface area contributed by atoms with Gasteiger partial charge in [0.05, 0.1) is 0 Å². The van der Waals surface area contributed by atoms with Crippen molar-refractivity contribution in [1.82, 2.24) is 9.07 Å². The quantitative estimate of drug-likeness (QED) is 0.512. The van der Waals surface area contributed by atoms with E-state index in [4.69, 9.17) is 0 Å². The number of nitrogens with zero attached hydrogens (tertiary/aromatic N) is 1. The van der Waals surface area contributed by atoms with E-state index in [1.54, 1.807) is 0 Å². The zero-order chi connectivity index (χ0) is 5.82. The SMILES string of the molecule is [V][N]1CCCNCC1. The van der Waals surface area contributed by atoms with Crippen LogP contribution in [0.25, 0.3) is 0 Å². The molecule has 0 bridgehead atoms. The van der Waals surface area contributed by atoms with E-state index < -0.39 is 0 Å². The molecule has 1 aliphatic heterocycles. The van der Waals surface area contributed by atoms with Gasteiger partial charge >= 0.3 is 59.3 Å². The van der Waals surface area contributed by atoms with E-state index in [9.17, 15) is 0 Å². The molecule has 0 aliphatic carbocycles. The predicted molar refractivity (Wildman–Crippen MR) is 29.1 cm³/mol. The molecule has 0 aromatic carbocycles. The number of hydrogen-bond donors (Lipinski definition) is 1. The number of rotatable bonds is 0. The first-order chi connectivity index (χ1) is 3.89. The van der Waals surface area contributed by atoms with Gasteiger partial charge in [-0.05, 0) is 0 Å². The monoisotopic (exact) mass is 150 g/mol. The summed E-state index contributed by atoms with van der Waals surface area (Å²) in [6.45, 7) is 4.75. The second kappa shape index (κ2) is 3.51. The van der Waals surface area contributed by atoms with Crippen molar-refractivity contribution in [2.24, 2.45) is 0 Å². The molecular weight excluding hydrogens is 139 g/mol. The number of hydrogen-bond acceptors (Lipinski definition) is 2. The van der Waals surface area contributed by atoms with Crippen molar-refractivity contribution in [1.29, 1.82) is 0 Å². The van der Waals surface area contributed by atoms with Crippen LogP contribution in [0, 0.1) is 0 Å². The fourth-order valence-electron chi connectivity index (χ4n) is 0.831. The Bertz CT molecular complexity index is 59.4. The third-order valence-electron chi connectivity index (χ3n) is 1.32. The third kappa shape index (κ3) is 2.18. The first-order valence-corrected chi connectivity index (χ1v) is 3.66. The summed E-state index contributed by atoms with van der Waals surface area (Å²) in [6, 6.07) is 0. The van der Waals surface area contributed by atoms with E-state index in [2.05, 4.69) is 26.7 Å². The Labute approximate surface area is 59.8 Å². The van der Waals surface area contributed by atoms with Crippen LogP contribution in [-0.4, -0.2) is 29.9 Å². The molecule has 0 unspecified atom stereocenters. The molecule has 3 heteroatoms. The van der Waals surface area contributed by atoms with Crippen LogP contribution in [0.3, 0.4) is 0 Å². The summed E-state index contributed by atoms with van der Waals surface area (Å²) in [4.78, 5) is 0. The topological polar surface area (TPSA) is 15.3 Å². The molecule has 0 aromatic rings. The maximum atomic E-state index is 3.33. The van der Waals surface area contributed by atoms with Gasteiger partial charge in [0, 0.05) is 0 Å². The van der Waals surface area contributed by atoms with Gasteiger partial charge in [-0.2, -0.15) is 0 Å². The molecule has 1 rings (SSSR count). The Morgan fingerprint density at radius 3 is 3.00 bits per heavy atom. The molecule has 0 amide bonds. The molecular formula is C5H11N2V. The summed E-state index contributed by atoms with van der Waals surface area (Å²) < 4.78 is 2.30. The number of nitrogens with one attached hydrogen (secondary N) is 1. The van der Waals surface area contributed by atoms with Crippen molar-refractivity contribution in [3.8, 4) is 0 Å². The van der Waals surface area contributed by atoms with Gasteiger partial charge in [0.25, 0.3) is 0 Å². The minimum absolute atomic E-state index is 1.15. The van der Waals surface area contributed by atoms with Crippen molar-refractivity contribution in [3.63, 3.8) is 0 Å². The van der Waals surface area contributed by atoms with E-state index in [0.29, 0.717) is 0 Å². The van der Waals surface area contributed by atoms with E-state index in [-0.39, 0.29) is 0 Å². The Morgan fingerprint density at radius 1 is 1.25 bits per heavy atom. The van der Waals surface area contributed by atoms with Crippen LogP contribution in [0.15, 0.2) is 0 Å². The van der Waals surface area contributed by atoms with E-state index in [0.717, 1.165) is 6.54 Å². The predicted octanol–water partition coefficient (Wildman–Crippen LogP) is -0.256. The summed E-state index contributed by atoms with van der Waals surface area (Å²) in [5.41, 5.74) is 0. The molecule has 0 aromatic heterocycles. The summed E-state index contributed by atoms with van der Waals surface area (Å²) in [5.74, 6) is 0. The molecule has 2 nitrogen and oxygen atoms in total. The van der Waals surface area contributed by atoms with Crippen molar-refractivity contribution >= 4 is 0 Å². The van der Waals surface area contributed by atoms with Crippen LogP contribution in [0.5, 0.6) is 0 Å². The van der Waals surface area contributed by atoms with E-state index in [1.165, 1.54) is 26.1 Å². The summed E-state index contributed by atoms with van der Waals surface area (Å²) in [5, 5.41) is 3.33. The molecule has 0 saturated carbocycles. The Hall–Kier alpha value is 0.504. The standard InChI is InChI=1S/C5H11N2.V/c1-2-6-4-5-7-3-1;/h6H,1-5H2;/q-1;+1. The Balaban J connectivity index is 2.17. The van der Waals surface area contributed by atoms with Gasteiger partial charge in [0.2, 0.25) is 0 Å². The van der Waals surface area contributed by atoms with Gasteiger partial charge in [0.15, 0.2) is 0 Å². The molecule has 46 valence electrons. The fourth-order valence-corrected chi connectivity index (χ4v) is 1.21. The van der Waals surface area contributed by atoms with Crippen LogP contribution in [0.2, 0.25) is 0 Å². The normalized spacial score (nSPS) is 25.0. The van der Waals surface area contributed by atoms with Crippen molar-refractivity contribution in [2.75, 3.05) is 26.2 Å². The molecule has 0 spiro atoms. The summed E-state index contributed by atoms with van der Waals surface area (Å²) in [6.07, 6.45) is 1.29. The third-order valence-corrected chi connectivity index (χ3v) is 1.94. The molecule has 0 atom stereocenters. The van der Waals surface area contributed by atoms with Gasteiger partial charge in [0.1, 0.15) is 0 Å². The van der Waals surface area contributed by atoms with Gasteiger partial charge < -0.3 is 0 Å². The Kier molecular flexibility index (Phi) is 2.91. The zero-order valence-corrected chi connectivity index (χ0v) is 6.33. The van der Waals surface area contributed by atoms with E-state index >= 15 is 0 Å². The molecule has 8 heavy (non-hydrogen) atoms. The second-order valence-corrected chi connectivity index (χ2v) is 2.94. The van der Waals surface area contributed by atoms with Gasteiger partial charge in [-0.3, -0.25) is 0 Å². The van der Waals surface area contributed by atoms with Crippen LogP contribution < -0.4 is 5.32 Å². The van der Waals surface area contributed by atoms with Gasteiger partial charge in [-0.25, -0.2) is 0 Å². The molecule has 1 fully saturated rings. The summed E-state index contributed by atoms with van der Waals surface area (Å²) >= 11 is 2.59. The first kappa shape index (κ1) is 6.62. The molecule has 1 aliphatic rings. The fraction of sp³-hybridized carbons (Fsp3) is 1.00. The molecule has 0 radical (unpaired) electrons. The molecule has 1 N–H and O–H groups in total. The van der Waals surface area contributed by atoms with E-state index in [1.807, 2.05) is 0 Å². The maximum absolute atomic E-state index is 3.33. The van der Waals surface area contributed by atoms with Crippen molar-refractivity contribution in [2.45, 2.75) is 6.42 Å².